The molecule has 17 heavy (non-hydrogen) atoms. The van der Waals surface area contributed by atoms with Crippen LogP contribution in [-0.2, 0) is 4.79 Å². The van der Waals surface area contributed by atoms with Crippen LogP contribution in [0.3, 0.4) is 0 Å². The molecule has 1 aromatic rings. The average Bonchev–Trinajstić information content (AvgIpc) is 2.75. The first-order chi connectivity index (χ1) is 8.11. The second-order valence-electron chi connectivity index (χ2n) is 4.18. The number of Topliss-reactive ketones (excluding diaryl/α,β-unsaturated/α-hetero) is 1. The number of nitrogens with zero attached hydrogens (tertiary/aromatic N) is 1. The zero-order valence-electron chi connectivity index (χ0n) is 9.61. The Morgan fingerprint density at radius 1 is 1.59 bits per heavy atom. The maximum absolute atomic E-state index is 12.1. The number of thiophene rings is 1. The molecule has 1 aromatic heterocycles. The van der Waals surface area contributed by atoms with Gasteiger partial charge in [-0.05, 0) is 18.6 Å². The summed E-state index contributed by atoms with van der Waals surface area (Å²) in [7, 11) is 0. The van der Waals surface area contributed by atoms with Crippen LogP contribution in [0.25, 0.3) is 0 Å². The van der Waals surface area contributed by atoms with Crippen LogP contribution in [0, 0.1) is 5.92 Å². The van der Waals surface area contributed by atoms with Crippen molar-refractivity contribution >= 4 is 34.6 Å². The summed E-state index contributed by atoms with van der Waals surface area (Å²) in [5, 5.41) is 0. The van der Waals surface area contributed by atoms with Crippen molar-refractivity contribution in [3.63, 3.8) is 0 Å². The van der Waals surface area contributed by atoms with Crippen molar-refractivity contribution < 1.29 is 9.59 Å². The molecule has 3 nitrogen and oxygen atoms in total. The molecule has 2 rings (SSSR count). The number of ketones is 1. The Bertz CT molecular complexity index is 443. The first kappa shape index (κ1) is 12.6. The van der Waals surface area contributed by atoms with Crippen molar-refractivity contribution in [2.24, 2.45) is 5.92 Å². The topological polar surface area (TPSA) is 37.4 Å². The molecule has 1 aliphatic rings. The van der Waals surface area contributed by atoms with Gasteiger partial charge in [0, 0.05) is 25.4 Å². The standard InChI is InChI=1S/C12H14ClNO2S/c1-2-8-7-14(6-5-9(8)15)12(16)10-3-4-11(13)17-10/h3-4,8H,2,5-7H2,1H3. The first-order valence-corrected chi connectivity index (χ1v) is 6.88. The lowest BCUT2D eigenvalue weighted by molar-refractivity contribution is -0.125. The van der Waals surface area contributed by atoms with E-state index in [1.807, 2.05) is 6.92 Å². The number of hydrogen-bond donors (Lipinski definition) is 0. The number of likely N-dealkylation sites (tertiary alicyclic amines) is 1. The van der Waals surface area contributed by atoms with Crippen molar-refractivity contribution in [1.29, 1.82) is 0 Å². The van der Waals surface area contributed by atoms with Crippen molar-refractivity contribution in [1.82, 2.24) is 4.90 Å². The molecule has 1 fully saturated rings. The molecule has 0 bridgehead atoms. The quantitative estimate of drug-likeness (QED) is 0.829. The summed E-state index contributed by atoms with van der Waals surface area (Å²) in [6.07, 6.45) is 1.27. The molecule has 92 valence electrons. The molecule has 0 spiro atoms. The van der Waals surface area contributed by atoms with Crippen molar-refractivity contribution in [2.75, 3.05) is 13.1 Å². The third-order valence-electron chi connectivity index (χ3n) is 3.09. The lowest BCUT2D eigenvalue weighted by atomic mass is 9.94. The van der Waals surface area contributed by atoms with Gasteiger partial charge in [-0.2, -0.15) is 0 Å². The second kappa shape index (κ2) is 5.19. The lowest BCUT2D eigenvalue weighted by Gasteiger charge is -2.31. The number of rotatable bonds is 2. The van der Waals surface area contributed by atoms with Gasteiger partial charge >= 0.3 is 0 Å². The maximum atomic E-state index is 12.1. The molecule has 1 amide bonds. The summed E-state index contributed by atoms with van der Waals surface area (Å²) in [4.78, 5) is 26.1. The molecule has 1 atom stereocenters. The molecule has 1 unspecified atom stereocenters. The van der Waals surface area contributed by atoms with E-state index in [4.69, 9.17) is 11.6 Å². The van der Waals surface area contributed by atoms with Crippen LogP contribution in [0.2, 0.25) is 4.34 Å². The molecule has 5 heteroatoms. The van der Waals surface area contributed by atoms with Gasteiger partial charge in [0.15, 0.2) is 0 Å². The van der Waals surface area contributed by atoms with Crippen LogP contribution in [0.4, 0.5) is 0 Å². The minimum absolute atomic E-state index is 0.00290. The number of piperidine rings is 1. The van der Waals surface area contributed by atoms with E-state index in [0.717, 1.165) is 6.42 Å². The summed E-state index contributed by atoms with van der Waals surface area (Å²) in [5.74, 6) is 0.275. The van der Waals surface area contributed by atoms with E-state index < -0.39 is 0 Å². The number of carbonyl (C=O) groups is 2. The normalized spacial score (nSPS) is 20.7. The Hall–Kier alpha value is -0.870. The van der Waals surface area contributed by atoms with Gasteiger partial charge in [0.05, 0.1) is 9.21 Å². The van der Waals surface area contributed by atoms with E-state index in [0.29, 0.717) is 28.7 Å². The lowest BCUT2D eigenvalue weighted by Crippen LogP contribution is -2.43. The summed E-state index contributed by atoms with van der Waals surface area (Å²) >= 11 is 7.10. The molecular formula is C12H14ClNO2S. The fourth-order valence-electron chi connectivity index (χ4n) is 2.03. The number of amides is 1. The van der Waals surface area contributed by atoms with Crippen LogP contribution in [0.1, 0.15) is 29.4 Å². The van der Waals surface area contributed by atoms with E-state index in [1.165, 1.54) is 11.3 Å². The maximum Gasteiger partial charge on any atom is 0.264 e. The van der Waals surface area contributed by atoms with Gasteiger partial charge in [0.2, 0.25) is 0 Å². The summed E-state index contributed by atoms with van der Waals surface area (Å²) in [6.45, 7) is 3.06. The Morgan fingerprint density at radius 3 is 2.94 bits per heavy atom. The SMILES string of the molecule is CCC1CN(C(=O)c2ccc(Cl)s2)CCC1=O. The molecule has 2 heterocycles. The highest BCUT2D eigenvalue weighted by Crippen LogP contribution is 2.25. The summed E-state index contributed by atoms with van der Waals surface area (Å²) in [6, 6.07) is 3.47. The van der Waals surface area contributed by atoms with Crippen LogP contribution in [0.15, 0.2) is 12.1 Å². The highest BCUT2D eigenvalue weighted by atomic mass is 35.5. The molecule has 0 saturated carbocycles. The van der Waals surface area contributed by atoms with Crippen LogP contribution in [0.5, 0.6) is 0 Å². The monoisotopic (exact) mass is 271 g/mol. The third-order valence-corrected chi connectivity index (χ3v) is 4.31. The van der Waals surface area contributed by atoms with Gasteiger partial charge in [-0.25, -0.2) is 0 Å². The molecule has 1 aliphatic heterocycles. The van der Waals surface area contributed by atoms with Crippen LogP contribution >= 0.6 is 22.9 Å². The highest BCUT2D eigenvalue weighted by molar-refractivity contribution is 7.17. The van der Waals surface area contributed by atoms with Gasteiger partial charge in [-0.1, -0.05) is 18.5 Å². The Labute approximate surface area is 109 Å². The van der Waals surface area contributed by atoms with Crippen molar-refractivity contribution in [3.05, 3.63) is 21.3 Å². The summed E-state index contributed by atoms with van der Waals surface area (Å²) in [5.41, 5.74) is 0. The predicted octanol–water partition coefficient (Wildman–Crippen LogP) is 2.84. The minimum Gasteiger partial charge on any atom is -0.337 e. The zero-order valence-corrected chi connectivity index (χ0v) is 11.2. The van der Waals surface area contributed by atoms with Gasteiger partial charge in [0.1, 0.15) is 5.78 Å². The number of carbonyl (C=O) groups excluding carboxylic acids is 2. The van der Waals surface area contributed by atoms with Gasteiger partial charge < -0.3 is 4.90 Å². The Balaban J connectivity index is 2.08. The molecular weight excluding hydrogens is 258 g/mol. The molecule has 0 N–H and O–H groups in total. The fourth-order valence-corrected chi connectivity index (χ4v) is 3.05. The number of halogens is 1. The second-order valence-corrected chi connectivity index (χ2v) is 5.89. The van der Waals surface area contributed by atoms with Crippen LogP contribution < -0.4 is 0 Å². The predicted molar refractivity (Wildman–Crippen MR) is 68.6 cm³/mol. The average molecular weight is 272 g/mol. The van der Waals surface area contributed by atoms with E-state index in [-0.39, 0.29) is 17.6 Å². The van der Waals surface area contributed by atoms with Crippen LogP contribution in [-0.4, -0.2) is 29.7 Å². The molecule has 0 aromatic carbocycles. The van der Waals surface area contributed by atoms with Gasteiger partial charge in [-0.3, -0.25) is 9.59 Å². The smallest absolute Gasteiger partial charge is 0.264 e. The summed E-state index contributed by atoms with van der Waals surface area (Å²) < 4.78 is 0.619. The Morgan fingerprint density at radius 2 is 2.35 bits per heavy atom. The largest absolute Gasteiger partial charge is 0.337 e. The molecule has 1 saturated heterocycles. The third kappa shape index (κ3) is 2.69. The minimum atomic E-state index is -0.00662. The van der Waals surface area contributed by atoms with E-state index >= 15 is 0 Å². The molecule has 0 radical (unpaired) electrons. The first-order valence-electron chi connectivity index (χ1n) is 5.69. The van der Waals surface area contributed by atoms with E-state index in [1.54, 1.807) is 17.0 Å². The van der Waals surface area contributed by atoms with Crippen molar-refractivity contribution in [3.8, 4) is 0 Å². The number of hydrogen-bond acceptors (Lipinski definition) is 3. The zero-order chi connectivity index (χ0) is 12.4. The Kier molecular flexibility index (Phi) is 3.84. The van der Waals surface area contributed by atoms with Gasteiger partial charge in [0.25, 0.3) is 5.91 Å². The van der Waals surface area contributed by atoms with E-state index in [9.17, 15) is 9.59 Å². The fraction of sp³-hybridized carbons (Fsp3) is 0.500. The van der Waals surface area contributed by atoms with Gasteiger partial charge in [-0.15, -0.1) is 11.3 Å². The van der Waals surface area contributed by atoms with E-state index in [2.05, 4.69) is 0 Å². The highest BCUT2D eigenvalue weighted by Gasteiger charge is 2.29. The molecule has 0 aliphatic carbocycles. The van der Waals surface area contributed by atoms with Crippen molar-refractivity contribution in [2.45, 2.75) is 19.8 Å².